The fourth-order valence-corrected chi connectivity index (χ4v) is 1.81. The van der Waals surface area contributed by atoms with E-state index in [1.165, 1.54) is 0 Å². The lowest BCUT2D eigenvalue weighted by atomic mass is 10.2. The molecule has 3 heteroatoms. The fourth-order valence-electron chi connectivity index (χ4n) is 0.919. The first kappa shape index (κ1) is 9.99. The van der Waals surface area contributed by atoms with E-state index < -0.39 is 0 Å². The summed E-state index contributed by atoms with van der Waals surface area (Å²) in [4.78, 5) is 12.2. The number of carbonyl (C=O) groups excluding carboxylic acids is 1. The molecular formula is C10H12O2S. The minimum Gasteiger partial charge on any atom is -0.461 e. The number of hydrogen-bond donors (Lipinski definition) is 0. The van der Waals surface area contributed by atoms with Gasteiger partial charge in [0.05, 0.1) is 6.42 Å². The number of ether oxygens (including phenoxy) is 1. The van der Waals surface area contributed by atoms with Crippen LogP contribution in [0.4, 0.5) is 0 Å². The molecule has 0 saturated heterocycles. The first-order chi connectivity index (χ1) is 6.24. The Balaban J connectivity index is 2.45. The maximum atomic E-state index is 11.2. The van der Waals surface area contributed by atoms with Gasteiger partial charge in [0, 0.05) is 4.88 Å². The summed E-state index contributed by atoms with van der Waals surface area (Å²) in [7, 11) is 0. The molecule has 0 fully saturated rings. The van der Waals surface area contributed by atoms with E-state index in [-0.39, 0.29) is 5.97 Å². The van der Waals surface area contributed by atoms with Crippen LogP contribution in [0.2, 0.25) is 0 Å². The van der Waals surface area contributed by atoms with Crippen LogP contribution in [-0.2, 0) is 16.0 Å². The molecule has 0 unspecified atom stereocenters. The van der Waals surface area contributed by atoms with Gasteiger partial charge < -0.3 is 4.74 Å². The van der Waals surface area contributed by atoms with Crippen molar-refractivity contribution >= 4 is 17.3 Å². The van der Waals surface area contributed by atoms with Crippen LogP contribution in [0.25, 0.3) is 0 Å². The zero-order valence-corrected chi connectivity index (χ0v) is 8.39. The summed E-state index contributed by atoms with van der Waals surface area (Å²) in [5.74, 6) is -0.189. The molecule has 0 N–H and O–H groups in total. The van der Waals surface area contributed by atoms with Crippen LogP contribution in [0.15, 0.2) is 24.1 Å². The largest absolute Gasteiger partial charge is 0.461 e. The summed E-state index contributed by atoms with van der Waals surface area (Å²) < 4.78 is 4.87. The second kappa shape index (κ2) is 4.82. The number of aryl methyl sites for hydroxylation is 1. The molecule has 0 bridgehead atoms. The standard InChI is InChI=1S/C10H12O2S/c1-3-5-12-10(11)7-9-8(2)4-6-13-9/h3-4,6H,1,5,7H2,2H3. The molecule has 1 aromatic rings. The Bertz CT molecular complexity index is 302. The maximum Gasteiger partial charge on any atom is 0.311 e. The highest BCUT2D eigenvalue weighted by Crippen LogP contribution is 2.16. The molecule has 0 amide bonds. The molecule has 0 aliphatic heterocycles. The van der Waals surface area contributed by atoms with Crippen molar-refractivity contribution in [2.45, 2.75) is 13.3 Å². The van der Waals surface area contributed by atoms with Crippen molar-refractivity contribution in [1.82, 2.24) is 0 Å². The van der Waals surface area contributed by atoms with Gasteiger partial charge in [-0.3, -0.25) is 4.79 Å². The predicted molar refractivity (Wildman–Crippen MR) is 53.9 cm³/mol. The third kappa shape index (κ3) is 3.03. The molecule has 2 nitrogen and oxygen atoms in total. The molecule has 1 rings (SSSR count). The first-order valence-corrected chi connectivity index (χ1v) is 4.91. The third-order valence-electron chi connectivity index (χ3n) is 1.64. The smallest absolute Gasteiger partial charge is 0.311 e. The van der Waals surface area contributed by atoms with E-state index >= 15 is 0 Å². The van der Waals surface area contributed by atoms with E-state index in [0.717, 1.165) is 10.4 Å². The number of hydrogen-bond acceptors (Lipinski definition) is 3. The van der Waals surface area contributed by atoms with Crippen molar-refractivity contribution in [2.24, 2.45) is 0 Å². The molecule has 0 aliphatic rings. The van der Waals surface area contributed by atoms with Gasteiger partial charge in [-0.1, -0.05) is 12.7 Å². The van der Waals surface area contributed by atoms with Crippen molar-refractivity contribution in [2.75, 3.05) is 6.61 Å². The number of thiophene rings is 1. The summed E-state index contributed by atoms with van der Waals surface area (Å²) in [6.07, 6.45) is 1.94. The normalized spacial score (nSPS) is 9.62. The molecule has 0 spiro atoms. The Labute approximate surface area is 81.8 Å². The number of carbonyl (C=O) groups is 1. The van der Waals surface area contributed by atoms with Gasteiger partial charge in [0.2, 0.25) is 0 Å². The maximum absolute atomic E-state index is 11.2. The summed E-state index contributed by atoms with van der Waals surface area (Å²) in [6.45, 7) is 5.76. The van der Waals surface area contributed by atoms with Crippen LogP contribution < -0.4 is 0 Å². The molecule has 0 atom stereocenters. The molecular weight excluding hydrogens is 184 g/mol. The quantitative estimate of drug-likeness (QED) is 0.545. The van der Waals surface area contributed by atoms with Gasteiger partial charge in [0.1, 0.15) is 6.61 Å². The number of esters is 1. The highest BCUT2D eigenvalue weighted by Gasteiger charge is 2.07. The Hall–Kier alpha value is -1.09. The second-order valence-electron chi connectivity index (χ2n) is 2.68. The van der Waals surface area contributed by atoms with E-state index in [1.807, 2.05) is 18.4 Å². The third-order valence-corrected chi connectivity index (χ3v) is 2.66. The van der Waals surface area contributed by atoms with Gasteiger partial charge in [0.15, 0.2) is 0 Å². The van der Waals surface area contributed by atoms with E-state index in [1.54, 1.807) is 17.4 Å². The van der Waals surface area contributed by atoms with Crippen LogP contribution in [0.5, 0.6) is 0 Å². The van der Waals surface area contributed by atoms with Gasteiger partial charge in [-0.2, -0.15) is 0 Å². The Kier molecular flexibility index (Phi) is 3.71. The lowest BCUT2D eigenvalue weighted by Crippen LogP contribution is -2.07. The average Bonchev–Trinajstić information content (AvgIpc) is 2.48. The van der Waals surface area contributed by atoms with Gasteiger partial charge in [0.25, 0.3) is 0 Å². The molecule has 13 heavy (non-hydrogen) atoms. The van der Waals surface area contributed by atoms with Crippen LogP contribution in [0.1, 0.15) is 10.4 Å². The Morgan fingerprint density at radius 1 is 1.77 bits per heavy atom. The molecule has 70 valence electrons. The lowest BCUT2D eigenvalue weighted by Gasteiger charge is -2.00. The first-order valence-electron chi connectivity index (χ1n) is 4.03. The predicted octanol–water partition coefficient (Wildman–Crippen LogP) is 2.33. The van der Waals surface area contributed by atoms with E-state index in [0.29, 0.717) is 13.0 Å². The summed E-state index contributed by atoms with van der Waals surface area (Å²) in [6, 6.07) is 2.00. The minimum atomic E-state index is -0.189. The summed E-state index contributed by atoms with van der Waals surface area (Å²) in [5.41, 5.74) is 1.15. The molecule has 0 aliphatic carbocycles. The zero-order valence-electron chi connectivity index (χ0n) is 7.58. The monoisotopic (exact) mass is 196 g/mol. The zero-order chi connectivity index (χ0) is 9.68. The van der Waals surface area contributed by atoms with Gasteiger partial charge >= 0.3 is 5.97 Å². The van der Waals surface area contributed by atoms with E-state index in [2.05, 4.69) is 6.58 Å². The van der Waals surface area contributed by atoms with Crippen molar-refractivity contribution in [3.63, 3.8) is 0 Å². The van der Waals surface area contributed by atoms with Gasteiger partial charge in [-0.05, 0) is 23.9 Å². The Morgan fingerprint density at radius 2 is 2.54 bits per heavy atom. The van der Waals surface area contributed by atoms with Crippen LogP contribution in [0.3, 0.4) is 0 Å². The van der Waals surface area contributed by atoms with Crippen LogP contribution in [0, 0.1) is 6.92 Å². The average molecular weight is 196 g/mol. The number of rotatable bonds is 4. The molecule has 0 saturated carbocycles. The summed E-state index contributed by atoms with van der Waals surface area (Å²) in [5, 5.41) is 1.98. The van der Waals surface area contributed by atoms with E-state index in [9.17, 15) is 4.79 Å². The van der Waals surface area contributed by atoms with Crippen molar-refractivity contribution in [3.8, 4) is 0 Å². The van der Waals surface area contributed by atoms with Crippen molar-refractivity contribution < 1.29 is 9.53 Å². The highest BCUT2D eigenvalue weighted by atomic mass is 32.1. The van der Waals surface area contributed by atoms with Crippen molar-refractivity contribution in [3.05, 3.63) is 34.5 Å². The second-order valence-corrected chi connectivity index (χ2v) is 3.68. The fraction of sp³-hybridized carbons (Fsp3) is 0.300. The van der Waals surface area contributed by atoms with Gasteiger partial charge in [-0.15, -0.1) is 11.3 Å². The Morgan fingerprint density at radius 3 is 3.08 bits per heavy atom. The molecule has 0 aromatic carbocycles. The SMILES string of the molecule is C=CCOC(=O)Cc1sccc1C. The highest BCUT2D eigenvalue weighted by molar-refractivity contribution is 7.10. The minimum absolute atomic E-state index is 0.189. The van der Waals surface area contributed by atoms with Gasteiger partial charge in [-0.25, -0.2) is 0 Å². The summed E-state index contributed by atoms with van der Waals surface area (Å²) >= 11 is 1.58. The molecule has 1 aromatic heterocycles. The molecule has 0 radical (unpaired) electrons. The lowest BCUT2D eigenvalue weighted by molar-refractivity contribution is -0.141. The van der Waals surface area contributed by atoms with Crippen LogP contribution >= 0.6 is 11.3 Å². The van der Waals surface area contributed by atoms with E-state index in [4.69, 9.17) is 4.74 Å². The van der Waals surface area contributed by atoms with Crippen molar-refractivity contribution in [1.29, 1.82) is 0 Å². The molecule has 1 heterocycles. The van der Waals surface area contributed by atoms with Crippen LogP contribution in [-0.4, -0.2) is 12.6 Å². The topological polar surface area (TPSA) is 26.3 Å².